The quantitative estimate of drug-likeness (QED) is 0.888. The van der Waals surface area contributed by atoms with Gasteiger partial charge in [-0.15, -0.1) is 0 Å². The lowest BCUT2D eigenvalue weighted by molar-refractivity contribution is 0.211. The molecule has 22 heavy (non-hydrogen) atoms. The third kappa shape index (κ3) is 3.50. The Morgan fingerprint density at radius 1 is 1.27 bits per heavy atom. The number of hydrogen-bond donors (Lipinski definition) is 2. The minimum Gasteiger partial charge on any atom is -0.477 e. The van der Waals surface area contributed by atoms with Crippen LogP contribution in [0.3, 0.4) is 0 Å². The molecular formula is C18H25N3O. The summed E-state index contributed by atoms with van der Waals surface area (Å²) in [5, 5.41) is 9.15. The second kappa shape index (κ2) is 6.97. The van der Waals surface area contributed by atoms with Crippen LogP contribution in [0.1, 0.15) is 26.7 Å². The molecule has 0 saturated carbocycles. The molecule has 118 valence electrons. The highest BCUT2D eigenvalue weighted by atomic mass is 16.5. The Morgan fingerprint density at radius 2 is 2.09 bits per heavy atom. The molecule has 1 fully saturated rings. The van der Waals surface area contributed by atoms with E-state index in [0.717, 1.165) is 36.6 Å². The number of piperidine rings is 1. The van der Waals surface area contributed by atoms with Gasteiger partial charge >= 0.3 is 0 Å². The molecule has 2 aromatic rings. The second-order valence-corrected chi connectivity index (χ2v) is 6.32. The fourth-order valence-electron chi connectivity index (χ4n) is 2.98. The van der Waals surface area contributed by atoms with Gasteiger partial charge in [-0.05, 0) is 63.2 Å². The first-order valence-corrected chi connectivity index (χ1v) is 8.22. The van der Waals surface area contributed by atoms with Crippen LogP contribution in [0.15, 0.2) is 30.5 Å². The van der Waals surface area contributed by atoms with Crippen molar-refractivity contribution < 1.29 is 4.74 Å². The lowest BCUT2D eigenvalue weighted by Gasteiger charge is -2.23. The van der Waals surface area contributed by atoms with E-state index in [1.165, 1.54) is 18.2 Å². The summed E-state index contributed by atoms with van der Waals surface area (Å²) in [5.74, 6) is 1.38. The third-order valence-electron chi connectivity index (χ3n) is 4.12. The average molecular weight is 299 g/mol. The molecule has 2 N–H and O–H groups in total. The van der Waals surface area contributed by atoms with Crippen molar-refractivity contribution in [1.29, 1.82) is 0 Å². The smallest absolute Gasteiger partial charge is 0.223 e. The van der Waals surface area contributed by atoms with Crippen LogP contribution in [-0.4, -0.2) is 30.7 Å². The van der Waals surface area contributed by atoms with Crippen LogP contribution in [0.25, 0.3) is 10.8 Å². The summed E-state index contributed by atoms with van der Waals surface area (Å²) in [6.45, 7) is 7.23. The van der Waals surface area contributed by atoms with Crippen molar-refractivity contribution >= 4 is 16.5 Å². The highest BCUT2D eigenvalue weighted by Crippen LogP contribution is 2.31. The summed E-state index contributed by atoms with van der Waals surface area (Å²) in [6.07, 6.45) is 4.20. The zero-order valence-electron chi connectivity index (χ0n) is 13.4. The third-order valence-corrected chi connectivity index (χ3v) is 4.12. The average Bonchev–Trinajstić information content (AvgIpc) is 2.53. The van der Waals surface area contributed by atoms with E-state index in [0.29, 0.717) is 12.0 Å². The van der Waals surface area contributed by atoms with Gasteiger partial charge in [-0.3, -0.25) is 0 Å². The number of rotatable bonds is 5. The highest BCUT2D eigenvalue weighted by Gasteiger charge is 2.15. The van der Waals surface area contributed by atoms with Crippen molar-refractivity contribution in [2.75, 3.05) is 25.0 Å². The highest BCUT2D eigenvalue weighted by molar-refractivity contribution is 5.97. The molecule has 0 amide bonds. The number of nitrogens with zero attached hydrogens (tertiary/aromatic N) is 1. The van der Waals surface area contributed by atoms with Gasteiger partial charge in [0.25, 0.3) is 0 Å². The van der Waals surface area contributed by atoms with Gasteiger partial charge in [-0.1, -0.05) is 12.1 Å². The van der Waals surface area contributed by atoms with Crippen molar-refractivity contribution in [3.63, 3.8) is 0 Å². The topological polar surface area (TPSA) is 46.2 Å². The van der Waals surface area contributed by atoms with Crippen molar-refractivity contribution in [2.45, 2.75) is 32.7 Å². The molecule has 1 saturated heterocycles. The minimum absolute atomic E-state index is 0.378. The van der Waals surface area contributed by atoms with Crippen LogP contribution in [0, 0.1) is 5.92 Å². The fourth-order valence-corrected chi connectivity index (χ4v) is 2.98. The number of anilines is 1. The maximum Gasteiger partial charge on any atom is 0.223 e. The van der Waals surface area contributed by atoms with Crippen LogP contribution in [0.5, 0.6) is 5.88 Å². The summed E-state index contributed by atoms with van der Waals surface area (Å²) in [4.78, 5) is 4.48. The molecule has 1 aliphatic rings. The van der Waals surface area contributed by atoms with Gasteiger partial charge in [0.1, 0.15) is 0 Å². The Morgan fingerprint density at radius 3 is 2.86 bits per heavy atom. The van der Waals surface area contributed by atoms with Gasteiger partial charge in [-0.25, -0.2) is 4.98 Å². The monoisotopic (exact) mass is 299 g/mol. The maximum absolute atomic E-state index is 6.10. The van der Waals surface area contributed by atoms with Gasteiger partial charge in [0.15, 0.2) is 0 Å². The molecule has 4 heteroatoms. The van der Waals surface area contributed by atoms with E-state index >= 15 is 0 Å². The molecule has 2 heterocycles. The summed E-state index contributed by atoms with van der Waals surface area (Å²) in [6, 6.07) is 8.70. The molecule has 1 aromatic heterocycles. The van der Waals surface area contributed by atoms with Crippen LogP contribution < -0.4 is 15.4 Å². The van der Waals surface area contributed by atoms with Gasteiger partial charge < -0.3 is 15.4 Å². The first-order valence-electron chi connectivity index (χ1n) is 8.22. The van der Waals surface area contributed by atoms with Crippen molar-refractivity contribution in [1.82, 2.24) is 10.3 Å². The number of fused-ring (bicyclic) bond motifs is 1. The normalized spacial score (nSPS) is 16.1. The Labute approximate surface area is 132 Å². The van der Waals surface area contributed by atoms with Crippen molar-refractivity contribution in [3.8, 4) is 5.88 Å². The predicted octanol–water partition coefficient (Wildman–Crippen LogP) is 3.43. The Kier molecular flexibility index (Phi) is 4.78. The Hall–Kier alpha value is -1.81. The molecule has 0 atom stereocenters. The maximum atomic E-state index is 6.10. The number of ether oxygens (including phenoxy) is 1. The van der Waals surface area contributed by atoms with E-state index in [-0.39, 0.29) is 0 Å². The number of hydrogen-bond acceptors (Lipinski definition) is 4. The number of aromatic nitrogens is 1. The predicted molar refractivity (Wildman–Crippen MR) is 91.6 cm³/mol. The molecular weight excluding hydrogens is 274 g/mol. The Bertz CT molecular complexity index is 616. The molecule has 0 aliphatic carbocycles. The number of benzene rings is 1. The first-order chi connectivity index (χ1) is 10.7. The molecule has 3 rings (SSSR count). The van der Waals surface area contributed by atoms with E-state index in [9.17, 15) is 0 Å². The van der Waals surface area contributed by atoms with Crippen LogP contribution in [-0.2, 0) is 0 Å². The standard InChI is InChI=1S/C18H25N3O/c1-13(2)21-16-5-3-4-15-8-11-20-18(17(15)16)22-12-14-6-9-19-10-7-14/h3-5,8,11,13-14,19,21H,6-7,9-10,12H2,1-2H3. The summed E-state index contributed by atoms with van der Waals surface area (Å²) in [7, 11) is 0. The van der Waals surface area contributed by atoms with Crippen LogP contribution in [0.4, 0.5) is 5.69 Å². The molecule has 1 aromatic carbocycles. The van der Waals surface area contributed by atoms with Crippen molar-refractivity contribution in [3.05, 3.63) is 30.5 Å². The van der Waals surface area contributed by atoms with E-state index in [1.807, 2.05) is 12.3 Å². The van der Waals surface area contributed by atoms with Gasteiger partial charge in [0.05, 0.1) is 12.0 Å². The minimum atomic E-state index is 0.378. The SMILES string of the molecule is CC(C)Nc1cccc2ccnc(OCC3CCNCC3)c12. The second-order valence-electron chi connectivity index (χ2n) is 6.32. The number of nitrogens with one attached hydrogen (secondary N) is 2. The zero-order valence-corrected chi connectivity index (χ0v) is 13.4. The summed E-state index contributed by atoms with van der Waals surface area (Å²) in [5.41, 5.74) is 1.10. The Balaban J connectivity index is 1.84. The van der Waals surface area contributed by atoms with Crippen LogP contribution >= 0.6 is 0 Å². The first kappa shape index (κ1) is 15.1. The summed E-state index contributed by atoms with van der Waals surface area (Å²) < 4.78 is 6.10. The van der Waals surface area contributed by atoms with Crippen molar-refractivity contribution in [2.24, 2.45) is 5.92 Å². The number of pyridine rings is 1. The van der Waals surface area contributed by atoms with Crippen LogP contribution in [0.2, 0.25) is 0 Å². The molecule has 0 unspecified atom stereocenters. The molecule has 0 radical (unpaired) electrons. The van der Waals surface area contributed by atoms with E-state index in [4.69, 9.17) is 4.74 Å². The van der Waals surface area contributed by atoms with E-state index in [1.54, 1.807) is 0 Å². The zero-order chi connectivity index (χ0) is 15.4. The lowest BCUT2D eigenvalue weighted by Crippen LogP contribution is -2.30. The molecule has 4 nitrogen and oxygen atoms in total. The van der Waals surface area contributed by atoms with E-state index in [2.05, 4.69) is 47.7 Å². The largest absolute Gasteiger partial charge is 0.477 e. The molecule has 1 aliphatic heterocycles. The lowest BCUT2D eigenvalue weighted by atomic mass is 9.99. The molecule has 0 bridgehead atoms. The summed E-state index contributed by atoms with van der Waals surface area (Å²) >= 11 is 0. The van der Waals surface area contributed by atoms with E-state index < -0.39 is 0 Å². The van der Waals surface area contributed by atoms with Gasteiger partial charge in [0, 0.05) is 17.9 Å². The van der Waals surface area contributed by atoms with Gasteiger partial charge in [-0.2, -0.15) is 0 Å². The van der Waals surface area contributed by atoms with Gasteiger partial charge in [0.2, 0.25) is 5.88 Å². The fraction of sp³-hybridized carbons (Fsp3) is 0.500. The molecule has 0 spiro atoms.